The van der Waals surface area contributed by atoms with E-state index >= 15 is 0 Å². The van der Waals surface area contributed by atoms with Gasteiger partial charge in [-0.15, -0.1) is 0 Å². The Morgan fingerprint density at radius 2 is 1.67 bits per heavy atom. The Bertz CT molecular complexity index is 678. The van der Waals surface area contributed by atoms with E-state index in [0.29, 0.717) is 17.8 Å². The minimum atomic E-state index is -1.17. The Kier molecular flexibility index (Phi) is 4.16. The number of rotatable bonds is 3. The van der Waals surface area contributed by atoms with Gasteiger partial charge < -0.3 is 10.6 Å². The molecule has 3 nitrogen and oxygen atoms in total. The highest BCUT2D eigenvalue weighted by Gasteiger charge is 2.17. The van der Waals surface area contributed by atoms with E-state index in [0.717, 1.165) is 5.56 Å². The molecule has 6 heteroatoms. The monoisotopic (exact) mass is 294 g/mol. The second-order valence-corrected chi connectivity index (χ2v) is 4.50. The maximum Gasteiger partial charge on any atom is 0.257 e. The molecule has 2 rings (SSSR count). The van der Waals surface area contributed by atoms with Crippen molar-refractivity contribution in [2.24, 2.45) is 0 Å². The average molecular weight is 294 g/mol. The number of anilines is 2. The topological polar surface area (TPSA) is 41.1 Å². The first-order valence-corrected chi connectivity index (χ1v) is 6.16. The molecule has 0 aromatic heterocycles. The zero-order valence-corrected chi connectivity index (χ0v) is 11.4. The molecule has 0 fully saturated rings. The minimum Gasteiger partial charge on any atom is -0.387 e. The Hall–Kier alpha value is -2.50. The number of amides is 1. The molecule has 0 aliphatic rings. The number of carbonyl (C=O) groups is 1. The molecular weight excluding hydrogens is 281 g/mol. The van der Waals surface area contributed by atoms with Gasteiger partial charge >= 0.3 is 0 Å². The lowest BCUT2D eigenvalue weighted by molar-refractivity contribution is 0.102. The van der Waals surface area contributed by atoms with Crippen molar-refractivity contribution >= 4 is 17.3 Å². The molecule has 0 atom stereocenters. The van der Waals surface area contributed by atoms with Gasteiger partial charge in [0.2, 0.25) is 0 Å². The van der Waals surface area contributed by atoms with E-state index in [1.807, 2.05) is 0 Å². The Labute approximate surface area is 119 Å². The first-order valence-electron chi connectivity index (χ1n) is 6.16. The van der Waals surface area contributed by atoms with Crippen LogP contribution >= 0.6 is 0 Å². The van der Waals surface area contributed by atoms with Gasteiger partial charge in [0.05, 0.1) is 5.56 Å². The standard InChI is InChI=1S/C15H13F3N2O/c1-8-3-4-13(19-2)10(5-8)15(21)20-14-11(17)6-9(16)7-12(14)18/h3-7,19H,1-2H3,(H,20,21). The molecule has 0 bridgehead atoms. The lowest BCUT2D eigenvalue weighted by Crippen LogP contribution is -2.16. The molecule has 0 unspecified atom stereocenters. The van der Waals surface area contributed by atoms with Crippen LogP contribution in [-0.4, -0.2) is 13.0 Å². The number of halogens is 3. The number of nitrogens with one attached hydrogen (secondary N) is 2. The summed E-state index contributed by atoms with van der Waals surface area (Å²) < 4.78 is 39.9. The predicted octanol–water partition coefficient (Wildman–Crippen LogP) is 3.71. The van der Waals surface area contributed by atoms with Crippen LogP contribution in [0.1, 0.15) is 15.9 Å². The first kappa shape index (κ1) is 14.9. The van der Waals surface area contributed by atoms with Crippen LogP contribution in [0, 0.1) is 24.4 Å². The molecular formula is C15H13F3N2O. The van der Waals surface area contributed by atoms with Crippen molar-refractivity contribution in [1.82, 2.24) is 0 Å². The molecule has 21 heavy (non-hydrogen) atoms. The van der Waals surface area contributed by atoms with Gasteiger partial charge in [0.25, 0.3) is 5.91 Å². The van der Waals surface area contributed by atoms with E-state index in [1.165, 1.54) is 0 Å². The highest BCUT2D eigenvalue weighted by atomic mass is 19.1. The fourth-order valence-electron chi connectivity index (χ4n) is 1.91. The Morgan fingerprint density at radius 3 is 2.24 bits per heavy atom. The third-order valence-corrected chi connectivity index (χ3v) is 2.93. The number of aryl methyl sites for hydroxylation is 1. The van der Waals surface area contributed by atoms with Gasteiger partial charge in [-0.05, 0) is 19.1 Å². The predicted molar refractivity (Wildman–Crippen MR) is 75.0 cm³/mol. The van der Waals surface area contributed by atoms with Gasteiger partial charge in [0.1, 0.15) is 11.5 Å². The lowest BCUT2D eigenvalue weighted by atomic mass is 10.1. The molecule has 0 radical (unpaired) electrons. The molecule has 1 amide bonds. The van der Waals surface area contributed by atoms with Crippen molar-refractivity contribution in [3.05, 3.63) is 58.9 Å². The second kappa shape index (κ2) is 5.87. The Balaban J connectivity index is 2.37. The van der Waals surface area contributed by atoms with Gasteiger partial charge in [0.15, 0.2) is 11.6 Å². The molecule has 0 saturated carbocycles. The summed E-state index contributed by atoms with van der Waals surface area (Å²) in [7, 11) is 1.63. The maximum absolute atomic E-state index is 13.5. The van der Waals surface area contributed by atoms with Crippen LogP contribution in [-0.2, 0) is 0 Å². The van der Waals surface area contributed by atoms with E-state index in [4.69, 9.17) is 0 Å². The van der Waals surface area contributed by atoms with Crippen molar-refractivity contribution in [2.45, 2.75) is 6.92 Å². The fourth-order valence-corrected chi connectivity index (χ4v) is 1.91. The largest absolute Gasteiger partial charge is 0.387 e. The van der Waals surface area contributed by atoms with Gasteiger partial charge in [0, 0.05) is 24.9 Å². The summed E-state index contributed by atoms with van der Waals surface area (Å²) in [6, 6.07) is 6.08. The summed E-state index contributed by atoms with van der Waals surface area (Å²) in [4.78, 5) is 12.2. The summed E-state index contributed by atoms with van der Waals surface area (Å²) in [6.45, 7) is 1.79. The first-order chi connectivity index (χ1) is 9.92. The van der Waals surface area contributed by atoms with Gasteiger partial charge in [-0.25, -0.2) is 13.2 Å². The van der Waals surface area contributed by atoms with Crippen LogP contribution in [0.4, 0.5) is 24.5 Å². The van der Waals surface area contributed by atoms with Crippen LogP contribution < -0.4 is 10.6 Å². The molecule has 110 valence electrons. The van der Waals surface area contributed by atoms with Crippen LogP contribution in [0.5, 0.6) is 0 Å². The summed E-state index contributed by atoms with van der Waals surface area (Å²) in [5.41, 5.74) is 0.894. The van der Waals surface area contributed by atoms with Crippen LogP contribution in [0.3, 0.4) is 0 Å². The molecule has 2 N–H and O–H groups in total. The van der Waals surface area contributed by atoms with Crippen molar-refractivity contribution in [1.29, 1.82) is 0 Å². The molecule has 0 spiro atoms. The van der Waals surface area contributed by atoms with Gasteiger partial charge in [-0.2, -0.15) is 0 Å². The van der Waals surface area contributed by atoms with Crippen molar-refractivity contribution in [2.75, 3.05) is 17.7 Å². The van der Waals surface area contributed by atoms with Crippen molar-refractivity contribution in [3.63, 3.8) is 0 Å². The molecule has 0 heterocycles. The number of carbonyl (C=O) groups excluding carboxylic acids is 1. The molecule has 0 saturated heterocycles. The average Bonchev–Trinajstić information content (AvgIpc) is 2.42. The Morgan fingerprint density at radius 1 is 1.05 bits per heavy atom. The third-order valence-electron chi connectivity index (χ3n) is 2.93. The summed E-state index contributed by atoms with van der Waals surface area (Å²) in [5, 5.41) is 4.95. The SMILES string of the molecule is CNc1ccc(C)cc1C(=O)Nc1c(F)cc(F)cc1F. The van der Waals surface area contributed by atoms with Crippen molar-refractivity contribution < 1.29 is 18.0 Å². The van der Waals surface area contributed by atoms with Crippen molar-refractivity contribution in [3.8, 4) is 0 Å². The van der Waals surface area contributed by atoms with E-state index in [9.17, 15) is 18.0 Å². The minimum absolute atomic E-state index is 0.237. The summed E-state index contributed by atoms with van der Waals surface area (Å²) >= 11 is 0. The maximum atomic E-state index is 13.5. The molecule has 0 aliphatic carbocycles. The number of hydrogen-bond acceptors (Lipinski definition) is 2. The van der Waals surface area contributed by atoms with Crippen LogP contribution in [0.25, 0.3) is 0 Å². The van der Waals surface area contributed by atoms with E-state index in [2.05, 4.69) is 10.6 Å². The molecule has 2 aromatic carbocycles. The van der Waals surface area contributed by atoms with Gasteiger partial charge in [-0.3, -0.25) is 4.79 Å². The number of benzene rings is 2. The normalized spacial score (nSPS) is 10.3. The highest BCUT2D eigenvalue weighted by molar-refractivity contribution is 6.08. The zero-order valence-electron chi connectivity index (χ0n) is 11.4. The summed E-state index contributed by atoms with van der Waals surface area (Å²) in [6.07, 6.45) is 0. The van der Waals surface area contributed by atoms with E-state index in [1.54, 1.807) is 32.2 Å². The smallest absolute Gasteiger partial charge is 0.257 e. The number of hydrogen-bond donors (Lipinski definition) is 2. The van der Waals surface area contributed by atoms with Crippen LogP contribution in [0.2, 0.25) is 0 Å². The molecule has 0 aliphatic heterocycles. The van der Waals surface area contributed by atoms with E-state index in [-0.39, 0.29) is 5.56 Å². The zero-order chi connectivity index (χ0) is 15.6. The van der Waals surface area contributed by atoms with Crippen LogP contribution in [0.15, 0.2) is 30.3 Å². The molecule has 2 aromatic rings. The fraction of sp³-hybridized carbons (Fsp3) is 0.133. The summed E-state index contributed by atoms with van der Waals surface area (Å²) in [5.74, 6) is -4.07. The van der Waals surface area contributed by atoms with Gasteiger partial charge in [-0.1, -0.05) is 11.6 Å². The second-order valence-electron chi connectivity index (χ2n) is 4.50. The third kappa shape index (κ3) is 3.16. The lowest BCUT2D eigenvalue weighted by Gasteiger charge is -2.12. The van der Waals surface area contributed by atoms with E-state index < -0.39 is 29.0 Å². The highest BCUT2D eigenvalue weighted by Crippen LogP contribution is 2.23. The quantitative estimate of drug-likeness (QED) is 0.906.